The van der Waals surface area contributed by atoms with E-state index in [1.807, 2.05) is 0 Å². The van der Waals surface area contributed by atoms with E-state index in [2.05, 4.69) is 10.1 Å². The van der Waals surface area contributed by atoms with Crippen molar-refractivity contribution in [1.82, 2.24) is 4.98 Å². The van der Waals surface area contributed by atoms with E-state index < -0.39 is 25.2 Å². The summed E-state index contributed by atoms with van der Waals surface area (Å²) in [6.45, 7) is -0.878. The summed E-state index contributed by atoms with van der Waals surface area (Å²) in [5, 5.41) is 22.7. The van der Waals surface area contributed by atoms with Crippen LogP contribution in [0.1, 0.15) is 5.69 Å². The molecule has 0 saturated heterocycles. The quantitative estimate of drug-likeness (QED) is 0.354. The van der Waals surface area contributed by atoms with Gasteiger partial charge < -0.3 is 26.5 Å². The van der Waals surface area contributed by atoms with Gasteiger partial charge >= 0.3 is 0 Å². The number of rotatable bonds is 6. The first-order chi connectivity index (χ1) is 8.08. The van der Waals surface area contributed by atoms with Crippen LogP contribution in [0.3, 0.4) is 0 Å². The number of aliphatic hydroxyl groups excluding tert-OH is 2. The topological polar surface area (TPSA) is 144 Å². The number of hydrogen-bond acceptors (Lipinski definition) is 8. The molecule has 94 valence electrons. The van der Waals surface area contributed by atoms with Gasteiger partial charge in [0.2, 0.25) is 0 Å². The van der Waals surface area contributed by atoms with Crippen LogP contribution in [0.2, 0.25) is 0 Å². The lowest BCUT2D eigenvalue weighted by atomic mass is 10.3. The number of carbonyl (C=O) groups is 1. The smallest absolute Gasteiger partial charge is 0.273 e. The number of nitrogen functional groups attached to an aromatic ring is 1. The Bertz CT molecular complexity index is 415. The number of anilines is 1. The minimum atomic E-state index is -0.916. The Balaban J connectivity index is 2.86. The van der Waals surface area contributed by atoms with Gasteiger partial charge in [0.1, 0.15) is 5.69 Å². The Morgan fingerprint density at radius 1 is 1.59 bits per heavy atom. The lowest BCUT2D eigenvalue weighted by Crippen LogP contribution is -2.27. The number of primary amides is 1. The molecular weight excluding hydrogens is 248 g/mol. The van der Waals surface area contributed by atoms with E-state index in [0.717, 1.165) is 11.3 Å². The summed E-state index contributed by atoms with van der Waals surface area (Å²) < 4.78 is 0. The molecule has 0 radical (unpaired) electrons. The zero-order chi connectivity index (χ0) is 12.8. The van der Waals surface area contributed by atoms with Crippen LogP contribution in [-0.4, -0.2) is 46.1 Å². The number of thiazole rings is 1. The lowest BCUT2D eigenvalue weighted by Gasteiger charge is -2.08. The fraction of sp³-hybridized carbons (Fsp3) is 0.375. The second-order valence-corrected chi connectivity index (χ2v) is 3.86. The summed E-state index contributed by atoms with van der Waals surface area (Å²) in [5.41, 5.74) is 10.5. The molecule has 1 amide bonds. The monoisotopic (exact) mass is 260 g/mol. The van der Waals surface area contributed by atoms with Crippen molar-refractivity contribution in [2.75, 3.05) is 18.9 Å². The van der Waals surface area contributed by atoms with Crippen molar-refractivity contribution < 1.29 is 19.8 Å². The molecule has 1 rings (SSSR count). The highest BCUT2D eigenvalue weighted by atomic mass is 32.1. The maximum Gasteiger partial charge on any atom is 0.273 e. The Morgan fingerprint density at radius 3 is 2.65 bits per heavy atom. The molecular formula is C8H12N4O4S. The summed E-state index contributed by atoms with van der Waals surface area (Å²) in [7, 11) is 0. The van der Waals surface area contributed by atoms with Crippen LogP contribution in [0, 0.1) is 0 Å². The zero-order valence-electron chi connectivity index (χ0n) is 8.74. The average Bonchev–Trinajstić information content (AvgIpc) is 2.70. The lowest BCUT2D eigenvalue weighted by molar-refractivity contribution is -0.112. The molecule has 1 aromatic heterocycles. The molecule has 0 spiro atoms. The maximum absolute atomic E-state index is 11.1. The van der Waals surface area contributed by atoms with Gasteiger partial charge in [0.15, 0.2) is 16.9 Å². The molecule has 0 aliphatic heterocycles. The Labute approximate surface area is 101 Å². The van der Waals surface area contributed by atoms with E-state index in [4.69, 9.17) is 26.5 Å². The Morgan fingerprint density at radius 2 is 2.24 bits per heavy atom. The third kappa shape index (κ3) is 3.66. The Kier molecular flexibility index (Phi) is 4.82. The first kappa shape index (κ1) is 13.4. The molecule has 0 bridgehead atoms. The molecule has 0 aliphatic rings. The van der Waals surface area contributed by atoms with Gasteiger partial charge in [-0.1, -0.05) is 5.16 Å². The van der Waals surface area contributed by atoms with Crippen LogP contribution in [0.5, 0.6) is 0 Å². The second-order valence-electron chi connectivity index (χ2n) is 2.97. The van der Waals surface area contributed by atoms with Crippen molar-refractivity contribution in [2.24, 2.45) is 10.9 Å². The number of carbonyl (C=O) groups excluding carboxylic acids is 1. The predicted octanol–water partition coefficient (Wildman–Crippen LogP) is -1.72. The van der Waals surface area contributed by atoms with Crippen LogP contribution < -0.4 is 11.5 Å². The summed E-state index contributed by atoms with van der Waals surface area (Å²) in [6, 6.07) is 0. The number of hydrogen-bond donors (Lipinski definition) is 4. The average molecular weight is 260 g/mol. The van der Waals surface area contributed by atoms with Crippen LogP contribution in [-0.2, 0) is 9.63 Å². The third-order valence-electron chi connectivity index (χ3n) is 1.70. The molecule has 9 heteroatoms. The minimum absolute atomic E-state index is 0.189. The van der Waals surface area contributed by atoms with Gasteiger partial charge in [-0.05, 0) is 0 Å². The summed E-state index contributed by atoms with van der Waals surface area (Å²) >= 11 is 1.12. The molecule has 0 atom stereocenters. The van der Waals surface area contributed by atoms with Crippen LogP contribution in [0.25, 0.3) is 0 Å². The van der Waals surface area contributed by atoms with Crippen molar-refractivity contribution >= 4 is 28.1 Å². The Hall–Kier alpha value is -1.71. The number of amides is 1. The van der Waals surface area contributed by atoms with Gasteiger partial charge in [0.25, 0.3) is 5.91 Å². The van der Waals surface area contributed by atoms with Crippen LogP contribution in [0.4, 0.5) is 5.13 Å². The van der Waals surface area contributed by atoms with Gasteiger partial charge in [-0.25, -0.2) is 4.98 Å². The van der Waals surface area contributed by atoms with E-state index in [-0.39, 0.29) is 16.5 Å². The van der Waals surface area contributed by atoms with Crippen molar-refractivity contribution in [3.63, 3.8) is 0 Å². The first-order valence-corrected chi connectivity index (χ1v) is 5.43. The van der Waals surface area contributed by atoms with E-state index in [9.17, 15) is 4.79 Å². The maximum atomic E-state index is 11.1. The summed E-state index contributed by atoms with van der Waals surface area (Å²) in [6.07, 6.45) is -0.916. The highest BCUT2D eigenvalue weighted by Gasteiger charge is 2.16. The van der Waals surface area contributed by atoms with Gasteiger partial charge in [0, 0.05) is 5.38 Å². The SMILES string of the molecule is NC(=O)/C(=N\OC(CO)CO)c1csc(N)n1. The fourth-order valence-corrected chi connectivity index (χ4v) is 1.41. The molecule has 6 N–H and O–H groups in total. The number of oxime groups is 1. The summed E-state index contributed by atoms with van der Waals surface area (Å²) in [4.78, 5) is 19.7. The molecule has 8 nitrogen and oxygen atoms in total. The largest absolute Gasteiger partial charge is 0.392 e. The second kappa shape index (κ2) is 6.13. The number of aliphatic hydroxyl groups is 2. The third-order valence-corrected chi connectivity index (χ3v) is 2.37. The van der Waals surface area contributed by atoms with E-state index in [0.29, 0.717) is 0 Å². The van der Waals surface area contributed by atoms with Crippen molar-refractivity contribution in [3.8, 4) is 0 Å². The zero-order valence-corrected chi connectivity index (χ0v) is 9.55. The molecule has 0 fully saturated rings. The fourth-order valence-electron chi connectivity index (χ4n) is 0.866. The van der Waals surface area contributed by atoms with E-state index in [1.54, 1.807) is 0 Å². The highest BCUT2D eigenvalue weighted by Crippen LogP contribution is 2.12. The molecule has 0 saturated carbocycles. The number of aromatic nitrogens is 1. The highest BCUT2D eigenvalue weighted by molar-refractivity contribution is 7.13. The molecule has 0 unspecified atom stereocenters. The molecule has 17 heavy (non-hydrogen) atoms. The van der Waals surface area contributed by atoms with Gasteiger partial charge in [-0.3, -0.25) is 4.79 Å². The molecule has 1 aromatic rings. The first-order valence-electron chi connectivity index (χ1n) is 4.55. The number of nitrogens with two attached hydrogens (primary N) is 2. The number of nitrogens with zero attached hydrogens (tertiary/aromatic N) is 2. The van der Waals surface area contributed by atoms with Gasteiger partial charge in [-0.15, -0.1) is 11.3 Å². The predicted molar refractivity (Wildman–Crippen MR) is 61.3 cm³/mol. The van der Waals surface area contributed by atoms with Crippen molar-refractivity contribution in [2.45, 2.75) is 6.10 Å². The molecule has 0 aromatic carbocycles. The minimum Gasteiger partial charge on any atom is -0.392 e. The molecule has 1 heterocycles. The van der Waals surface area contributed by atoms with Crippen molar-refractivity contribution in [1.29, 1.82) is 0 Å². The van der Waals surface area contributed by atoms with Gasteiger partial charge in [0.05, 0.1) is 13.2 Å². The van der Waals surface area contributed by atoms with Crippen LogP contribution in [0.15, 0.2) is 10.5 Å². The molecule has 0 aliphatic carbocycles. The standard InChI is InChI=1S/C8H12N4O4S/c9-7(15)6(5-3-17-8(10)11-5)12-16-4(1-13)2-14/h3-4,13-14H,1-2H2,(H2,9,15)(H2,10,11)/b12-6-. The normalized spacial score (nSPS) is 11.8. The van der Waals surface area contributed by atoms with E-state index >= 15 is 0 Å². The van der Waals surface area contributed by atoms with Crippen LogP contribution >= 0.6 is 11.3 Å². The van der Waals surface area contributed by atoms with Gasteiger partial charge in [-0.2, -0.15) is 0 Å². The van der Waals surface area contributed by atoms with E-state index in [1.165, 1.54) is 5.38 Å². The summed E-state index contributed by atoms with van der Waals surface area (Å²) in [5.74, 6) is -0.843. The van der Waals surface area contributed by atoms with Crippen molar-refractivity contribution in [3.05, 3.63) is 11.1 Å².